The van der Waals surface area contributed by atoms with Crippen LogP contribution >= 0.6 is 0 Å². The lowest BCUT2D eigenvalue weighted by Crippen LogP contribution is -2.14. The lowest BCUT2D eigenvalue weighted by Gasteiger charge is -2.17. The van der Waals surface area contributed by atoms with Crippen LogP contribution in [0.25, 0.3) is 0 Å². The van der Waals surface area contributed by atoms with Crippen molar-refractivity contribution in [3.05, 3.63) is 23.4 Å². The van der Waals surface area contributed by atoms with Crippen molar-refractivity contribution in [2.45, 2.75) is 45.6 Å². The predicted octanol–water partition coefficient (Wildman–Crippen LogP) is 2.75. The molecule has 14 heavy (non-hydrogen) atoms. The second kappa shape index (κ2) is 5.20. The minimum absolute atomic E-state index is 0.370. The van der Waals surface area contributed by atoms with Crippen LogP contribution < -0.4 is 5.73 Å². The highest BCUT2D eigenvalue weighted by Crippen LogP contribution is 2.19. The molecule has 1 unspecified atom stereocenters. The van der Waals surface area contributed by atoms with E-state index in [9.17, 15) is 0 Å². The van der Waals surface area contributed by atoms with E-state index in [1.165, 1.54) is 5.57 Å². The first-order valence-electron chi connectivity index (χ1n) is 5.36. The third-order valence-corrected chi connectivity index (χ3v) is 2.81. The molecule has 1 rings (SSSR count). The van der Waals surface area contributed by atoms with Gasteiger partial charge in [0, 0.05) is 5.70 Å². The minimum Gasteiger partial charge on any atom is -0.399 e. The van der Waals surface area contributed by atoms with Crippen molar-refractivity contribution in [2.24, 2.45) is 5.73 Å². The Labute approximate surface area is 86.8 Å². The molecule has 1 heterocycles. The van der Waals surface area contributed by atoms with Gasteiger partial charge in [-0.1, -0.05) is 12.2 Å². The van der Waals surface area contributed by atoms with Gasteiger partial charge in [0.05, 0.1) is 12.7 Å². The van der Waals surface area contributed by atoms with E-state index in [1.807, 2.05) is 0 Å². The molecule has 0 saturated carbocycles. The van der Waals surface area contributed by atoms with E-state index >= 15 is 0 Å². The summed E-state index contributed by atoms with van der Waals surface area (Å²) in [6.45, 7) is 8.96. The molecular weight excluding hydrogens is 174 g/mol. The fraction of sp³-hybridized carbons (Fsp3) is 0.667. The summed E-state index contributed by atoms with van der Waals surface area (Å²) in [5.74, 6) is 0. The Morgan fingerprint density at radius 3 is 2.86 bits per heavy atom. The van der Waals surface area contributed by atoms with Gasteiger partial charge in [-0.05, 0) is 45.1 Å². The van der Waals surface area contributed by atoms with E-state index in [4.69, 9.17) is 10.5 Å². The normalized spacial score (nSPS) is 31.6. The van der Waals surface area contributed by atoms with Crippen molar-refractivity contribution in [2.75, 3.05) is 6.61 Å². The molecule has 2 nitrogen and oxygen atoms in total. The molecule has 0 bridgehead atoms. The zero-order valence-electron chi connectivity index (χ0n) is 9.31. The number of ether oxygens (including phenoxy) is 1. The fourth-order valence-corrected chi connectivity index (χ4v) is 1.69. The average molecular weight is 195 g/mol. The molecule has 0 aromatic heterocycles. The zero-order valence-corrected chi connectivity index (χ0v) is 9.31. The summed E-state index contributed by atoms with van der Waals surface area (Å²) in [5, 5.41) is 0. The van der Waals surface area contributed by atoms with Crippen LogP contribution in [0.4, 0.5) is 0 Å². The summed E-state index contributed by atoms with van der Waals surface area (Å²) < 4.78 is 5.63. The number of hydrogen-bond donors (Lipinski definition) is 1. The van der Waals surface area contributed by atoms with E-state index in [2.05, 4.69) is 20.4 Å². The van der Waals surface area contributed by atoms with Crippen molar-refractivity contribution in [1.82, 2.24) is 0 Å². The van der Waals surface area contributed by atoms with E-state index in [-0.39, 0.29) is 0 Å². The first kappa shape index (κ1) is 11.3. The maximum Gasteiger partial charge on any atom is 0.0547 e. The summed E-state index contributed by atoms with van der Waals surface area (Å²) in [4.78, 5) is 0. The molecular formula is C12H21NO. The van der Waals surface area contributed by atoms with Gasteiger partial charge in [-0.25, -0.2) is 0 Å². The lowest BCUT2D eigenvalue weighted by atomic mass is 10.0. The lowest BCUT2D eigenvalue weighted by molar-refractivity contribution is 0.0609. The summed E-state index contributed by atoms with van der Waals surface area (Å²) in [5.41, 5.74) is 9.17. The molecule has 0 saturated heterocycles. The Morgan fingerprint density at radius 1 is 1.43 bits per heavy atom. The molecule has 2 N–H and O–H groups in total. The summed E-state index contributed by atoms with van der Waals surface area (Å²) in [7, 11) is 0. The molecule has 80 valence electrons. The maximum absolute atomic E-state index is 5.97. The Hall–Kier alpha value is -0.760. The third-order valence-electron chi connectivity index (χ3n) is 2.81. The van der Waals surface area contributed by atoms with Crippen LogP contribution in [0.2, 0.25) is 0 Å². The van der Waals surface area contributed by atoms with Crippen molar-refractivity contribution < 1.29 is 4.74 Å². The van der Waals surface area contributed by atoms with Crippen molar-refractivity contribution in [1.29, 1.82) is 0 Å². The molecule has 0 aliphatic carbocycles. The zero-order chi connectivity index (χ0) is 10.6. The monoisotopic (exact) mass is 195 g/mol. The predicted molar refractivity (Wildman–Crippen MR) is 59.9 cm³/mol. The second-order valence-electron chi connectivity index (χ2n) is 4.12. The minimum atomic E-state index is 0.370. The second-order valence-corrected chi connectivity index (χ2v) is 4.12. The molecule has 0 radical (unpaired) electrons. The number of hydrogen-bond acceptors (Lipinski definition) is 2. The molecule has 0 fully saturated rings. The Balaban J connectivity index is 2.67. The Morgan fingerprint density at radius 2 is 2.14 bits per heavy atom. The van der Waals surface area contributed by atoms with Crippen LogP contribution in [0.3, 0.4) is 0 Å². The molecule has 0 aromatic rings. The Kier molecular flexibility index (Phi) is 4.21. The molecule has 2 heteroatoms. The van der Waals surface area contributed by atoms with Crippen LogP contribution in [0.5, 0.6) is 0 Å². The number of nitrogens with two attached hydrogens (primary N) is 1. The molecule has 1 aliphatic rings. The summed E-state index contributed by atoms with van der Waals surface area (Å²) in [6, 6.07) is 0. The molecule has 1 atom stereocenters. The van der Waals surface area contributed by atoms with Gasteiger partial charge in [-0.15, -0.1) is 0 Å². The Bertz CT molecular complexity index is 243. The maximum atomic E-state index is 5.97. The SMILES string of the molecule is C=C1CCOC(C)CCC/C(C)=C/1N. The first-order valence-corrected chi connectivity index (χ1v) is 5.36. The number of allylic oxidation sites excluding steroid dienone is 2. The van der Waals surface area contributed by atoms with Crippen molar-refractivity contribution in [3.63, 3.8) is 0 Å². The van der Waals surface area contributed by atoms with Gasteiger partial charge in [0.15, 0.2) is 0 Å². The highest BCUT2D eigenvalue weighted by molar-refractivity contribution is 5.29. The standard InChI is InChI=1S/C12H21NO/c1-9-5-4-6-11(3)14-8-7-10(2)12(9)13/h11H,2,4-8,13H2,1,3H3/b12-9-. The molecule has 0 spiro atoms. The fourth-order valence-electron chi connectivity index (χ4n) is 1.69. The summed E-state index contributed by atoms with van der Waals surface area (Å²) >= 11 is 0. The van der Waals surface area contributed by atoms with Gasteiger partial charge < -0.3 is 10.5 Å². The van der Waals surface area contributed by atoms with Gasteiger partial charge in [-0.2, -0.15) is 0 Å². The van der Waals surface area contributed by atoms with Gasteiger partial charge in [0.2, 0.25) is 0 Å². The van der Waals surface area contributed by atoms with Crippen LogP contribution in [-0.2, 0) is 4.74 Å². The van der Waals surface area contributed by atoms with Gasteiger partial charge in [0.25, 0.3) is 0 Å². The molecule has 0 aromatic carbocycles. The molecule has 0 amide bonds. The third kappa shape index (κ3) is 3.18. The van der Waals surface area contributed by atoms with Crippen LogP contribution in [0, 0.1) is 0 Å². The van der Waals surface area contributed by atoms with Crippen LogP contribution in [0.1, 0.15) is 39.5 Å². The smallest absolute Gasteiger partial charge is 0.0547 e. The van der Waals surface area contributed by atoms with Gasteiger partial charge in [0.1, 0.15) is 0 Å². The number of rotatable bonds is 0. The highest BCUT2D eigenvalue weighted by Gasteiger charge is 2.09. The van der Waals surface area contributed by atoms with Gasteiger partial charge in [-0.3, -0.25) is 0 Å². The average Bonchev–Trinajstić information content (AvgIpc) is 2.15. The largest absolute Gasteiger partial charge is 0.399 e. The highest BCUT2D eigenvalue weighted by atomic mass is 16.5. The van der Waals surface area contributed by atoms with Crippen molar-refractivity contribution in [3.8, 4) is 0 Å². The van der Waals surface area contributed by atoms with E-state index in [1.54, 1.807) is 0 Å². The van der Waals surface area contributed by atoms with E-state index in [0.29, 0.717) is 6.10 Å². The summed E-state index contributed by atoms with van der Waals surface area (Å²) in [6.07, 6.45) is 4.57. The topological polar surface area (TPSA) is 35.2 Å². The molecule has 1 aliphatic heterocycles. The van der Waals surface area contributed by atoms with E-state index < -0.39 is 0 Å². The van der Waals surface area contributed by atoms with Gasteiger partial charge >= 0.3 is 0 Å². The van der Waals surface area contributed by atoms with Crippen molar-refractivity contribution >= 4 is 0 Å². The quantitative estimate of drug-likeness (QED) is 0.645. The van der Waals surface area contributed by atoms with E-state index in [0.717, 1.165) is 43.6 Å². The van der Waals surface area contributed by atoms with Crippen LogP contribution in [-0.4, -0.2) is 12.7 Å². The van der Waals surface area contributed by atoms with Crippen LogP contribution in [0.15, 0.2) is 23.4 Å². The first-order chi connectivity index (χ1) is 6.61.